The molecule has 0 radical (unpaired) electrons. The average Bonchev–Trinajstić information content (AvgIpc) is 2.92. The van der Waals surface area contributed by atoms with E-state index in [-0.39, 0.29) is 17.2 Å². The van der Waals surface area contributed by atoms with Gasteiger partial charge in [0.05, 0.1) is 10.4 Å². The fourth-order valence-electron chi connectivity index (χ4n) is 2.23. The van der Waals surface area contributed by atoms with Gasteiger partial charge in [-0.15, -0.1) is 0 Å². The first kappa shape index (κ1) is 16.2. The Morgan fingerprint density at radius 3 is 2.54 bits per heavy atom. The largest absolute Gasteiger partial charge is 0.417 e. The molecule has 0 amide bonds. The highest BCUT2D eigenvalue weighted by atomic mass is 32.2. The first-order valence-corrected chi connectivity index (χ1v) is 8.56. The molecular weight excluding hydrogens is 332 g/mol. The van der Waals surface area contributed by atoms with Crippen molar-refractivity contribution in [3.05, 3.63) is 64.1 Å². The molecule has 2 aromatic carbocycles. The lowest BCUT2D eigenvalue weighted by molar-refractivity contribution is 0.101. The van der Waals surface area contributed by atoms with Gasteiger partial charge in [0, 0.05) is 12.1 Å². The van der Waals surface area contributed by atoms with Crippen molar-refractivity contribution in [2.75, 3.05) is 0 Å². The van der Waals surface area contributed by atoms with Crippen molar-refractivity contribution < 1.29 is 17.6 Å². The van der Waals surface area contributed by atoms with Gasteiger partial charge in [-0.3, -0.25) is 9.78 Å². The van der Waals surface area contributed by atoms with Gasteiger partial charge in [0.1, 0.15) is 0 Å². The third-order valence-corrected chi connectivity index (χ3v) is 4.94. The van der Waals surface area contributed by atoms with E-state index in [4.69, 9.17) is 4.42 Å². The summed E-state index contributed by atoms with van der Waals surface area (Å²) in [4.78, 5) is 24.9. The minimum Gasteiger partial charge on any atom is -0.408 e. The summed E-state index contributed by atoms with van der Waals surface area (Å²) in [5.41, 5.74) is 2.00. The van der Waals surface area contributed by atoms with Crippen LogP contribution in [0.3, 0.4) is 0 Å². The number of H-pyrrole nitrogens is 1. The molecule has 1 aromatic heterocycles. The number of benzene rings is 2. The molecule has 8 heteroatoms. The Kier molecular flexibility index (Phi) is 4.08. The molecule has 124 valence electrons. The van der Waals surface area contributed by atoms with Crippen LogP contribution in [-0.4, -0.2) is 19.2 Å². The predicted molar refractivity (Wildman–Crippen MR) is 87.3 cm³/mol. The minimum absolute atomic E-state index is 0.0433. The van der Waals surface area contributed by atoms with E-state index >= 15 is 0 Å². The van der Waals surface area contributed by atoms with Crippen molar-refractivity contribution in [2.24, 2.45) is 0 Å². The number of nitrogens with one attached hydrogen (secondary N) is 2. The maximum Gasteiger partial charge on any atom is 0.417 e. The number of aromatic amines is 1. The summed E-state index contributed by atoms with van der Waals surface area (Å²) in [6, 6.07) is 10.6. The Morgan fingerprint density at radius 1 is 1.17 bits per heavy atom. The van der Waals surface area contributed by atoms with Gasteiger partial charge in [0.2, 0.25) is 10.0 Å². The van der Waals surface area contributed by atoms with Gasteiger partial charge in [-0.05, 0) is 36.8 Å². The topological polar surface area (TPSA) is 109 Å². The molecule has 1 heterocycles. The molecule has 3 aromatic rings. The van der Waals surface area contributed by atoms with Crippen LogP contribution < -0.4 is 10.5 Å². The molecule has 0 spiro atoms. The molecule has 0 saturated carbocycles. The Balaban J connectivity index is 1.78. The molecule has 0 aliphatic carbocycles. The van der Waals surface area contributed by atoms with Crippen LogP contribution in [-0.2, 0) is 16.6 Å². The van der Waals surface area contributed by atoms with Gasteiger partial charge in [0.15, 0.2) is 11.4 Å². The number of carbonyl (C=O) groups excluding carboxylic acids is 1. The lowest BCUT2D eigenvalue weighted by atomic mass is 10.2. The SMILES string of the molecule is CC(=O)c1ccc(S(=O)(=O)NCc2ccc3[nH]c(=O)oc3c2)cc1. The van der Waals surface area contributed by atoms with E-state index in [0.29, 0.717) is 22.2 Å². The van der Waals surface area contributed by atoms with E-state index in [2.05, 4.69) is 9.71 Å². The fraction of sp³-hybridized carbons (Fsp3) is 0.125. The lowest BCUT2D eigenvalue weighted by Crippen LogP contribution is -2.23. The van der Waals surface area contributed by atoms with Gasteiger partial charge < -0.3 is 4.42 Å². The zero-order valence-corrected chi connectivity index (χ0v) is 13.5. The maximum atomic E-state index is 12.3. The van der Waals surface area contributed by atoms with Crippen LogP contribution >= 0.6 is 0 Å². The van der Waals surface area contributed by atoms with Crippen molar-refractivity contribution in [1.29, 1.82) is 0 Å². The molecule has 7 nitrogen and oxygen atoms in total. The molecule has 0 fully saturated rings. The maximum absolute atomic E-state index is 12.3. The number of carbonyl (C=O) groups is 1. The highest BCUT2D eigenvalue weighted by Gasteiger charge is 2.14. The molecule has 2 N–H and O–H groups in total. The Hall–Kier alpha value is -2.71. The van der Waals surface area contributed by atoms with E-state index in [0.717, 1.165) is 0 Å². The number of rotatable bonds is 5. The summed E-state index contributed by atoms with van der Waals surface area (Å²) in [6.45, 7) is 1.46. The average molecular weight is 346 g/mol. The highest BCUT2D eigenvalue weighted by molar-refractivity contribution is 7.89. The zero-order valence-electron chi connectivity index (χ0n) is 12.7. The van der Waals surface area contributed by atoms with Crippen molar-refractivity contribution in [3.8, 4) is 0 Å². The van der Waals surface area contributed by atoms with Gasteiger partial charge in [-0.1, -0.05) is 18.2 Å². The predicted octanol–water partition coefficient (Wildman–Crippen LogP) is 1.80. The third kappa shape index (κ3) is 3.29. The summed E-state index contributed by atoms with van der Waals surface area (Å²) in [5.74, 6) is -0.693. The summed E-state index contributed by atoms with van der Waals surface area (Å²) >= 11 is 0. The Morgan fingerprint density at radius 2 is 1.88 bits per heavy atom. The first-order chi connectivity index (χ1) is 11.3. The molecular formula is C16H14N2O5S. The van der Waals surface area contributed by atoms with Crippen molar-refractivity contribution in [2.45, 2.75) is 18.4 Å². The van der Waals surface area contributed by atoms with Crippen LogP contribution in [0.4, 0.5) is 0 Å². The van der Waals surface area contributed by atoms with E-state index in [1.165, 1.54) is 31.2 Å². The van der Waals surface area contributed by atoms with E-state index in [1.54, 1.807) is 18.2 Å². The summed E-state index contributed by atoms with van der Waals surface area (Å²) in [5, 5.41) is 0. The van der Waals surface area contributed by atoms with Gasteiger partial charge in [-0.25, -0.2) is 17.9 Å². The second-order valence-corrected chi connectivity index (χ2v) is 7.02. The van der Waals surface area contributed by atoms with Crippen LogP contribution in [0.1, 0.15) is 22.8 Å². The standard InChI is InChI=1S/C16H14N2O5S/c1-10(19)12-3-5-13(6-4-12)24(21,22)17-9-11-2-7-14-15(8-11)23-16(20)18-14/h2-8,17H,9H2,1H3,(H,18,20). The second kappa shape index (κ2) is 6.06. The van der Waals surface area contributed by atoms with Crippen LogP contribution in [0.15, 0.2) is 56.6 Å². The number of hydrogen-bond donors (Lipinski definition) is 2. The minimum atomic E-state index is -3.71. The van der Waals surface area contributed by atoms with Gasteiger partial charge >= 0.3 is 5.76 Å². The van der Waals surface area contributed by atoms with Crippen molar-refractivity contribution in [3.63, 3.8) is 0 Å². The van der Waals surface area contributed by atoms with Crippen LogP contribution in [0, 0.1) is 0 Å². The summed E-state index contributed by atoms with van der Waals surface area (Å²) in [6.07, 6.45) is 0. The number of sulfonamides is 1. The number of fused-ring (bicyclic) bond motifs is 1. The van der Waals surface area contributed by atoms with Crippen LogP contribution in [0.2, 0.25) is 0 Å². The Labute approximate surface area is 137 Å². The number of Topliss-reactive ketones (excluding diaryl/α,β-unsaturated/α-hetero) is 1. The number of ketones is 1. The quantitative estimate of drug-likeness (QED) is 0.685. The molecule has 0 aliphatic rings. The monoisotopic (exact) mass is 346 g/mol. The normalized spacial score (nSPS) is 11.7. The van der Waals surface area contributed by atoms with Crippen LogP contribution in [0.5, 0.6) is 0 Å². The molecule has 0 bridgehead atoms. The van der Waals surface area contributed by atoms with E-state index in [9.17, 15) is 18.0 Å². The Bertz CT molecular complexity index is 1060. The molecule has 3 rings (SSSR count). The fourth-order valence-corrected chi connectivity index (χ4v) is 3.25. The second-order valence-electron chi connectivity index (χ2n) is 5.25. The lowest BCUT2D eigenvalue weighted by Gasteiger charge is -2.07. The number of aromatic nitrogens is 1. The number of hydrogen-bond acceptors (Lipinski definition) is 5. The van der Waals surface area contributed by atoms with Gasteiger partial charge in [-0.2, -0.15) is 0 Å². The molecule has 24 heavy (non-hydrogen) atoms. The summed E-state index contributed by atoms with van der Waals surface area (Å²) in [7, 11) is -3.71. The summed E-state index contributed by atoms with van der Waals surface area (Å²) < 4.78 is 32.0. The highest BCUT2D eigenvalue weighted by Crippen LogP contribution is 2.14. The number of oxazole rings is 1. The molecule has 0 atom stereocenters. The first-order valence-electron chi connectivity index (χ1n) is 7.07. The third-order valence-electron chi connectivity index (χ3n) is 3.52. The van der Waals surface area contributed by atoms with Crippen molar-refractivity contribution in [1.82, 2.24) is 9.71 Å². The molecule has 0 unspecified atom stereocenters. The molecule has 0 saturated heterocycles. The van der Waals surface area contributed by atoms with Crippen LogP contribution in [0.25, 0.3) is 11.1 Å². The van der Waals surface area contributed by atoms with E-state index < -0.39 is 15.8 Å². The molecule has 0 aliphatic heterocycles. The van der Waals surface area contributed by atoms with Crippen molar-refractivity contribution >= 4 is 26.9 Å². The zero-order chi connectivity index (χ0) is 17.3. The van der Waals surface area contributed by atoms with Gasteiger partial charge in [0.25, 0.3) is 0 Å². The van der Waals surface area contributed by atoms with E-state index in [1.807, 2.05) is 0 Å². The smallest absolute Gasteiger partial charge is 0.408 e.